The van der Waals surface area contributed by atoms with Crippen LogP contribution in [-0.2, 0) is 13.5 Å². The van der Waals surface area contributed by atoms with Crippen LogP contribution in [0.3, 0.4) is 0 Å². The summed E-state index contributed by atoms with van der Waals surface area (Å²) < 4.78 is 7.48. The molecule has 98 valence electrons. The minimum atomic E-state index is -0.0236. The number of nitrogens with zero attached hydrogens (tertiary/aromatic N) is 1. The first-order chi connectivity index (χ1) is 9.16. The van der Waals surface area contributed by atoms with Crippen LogP contribution in [0, 0.1) is 6.92 Å². The molecular weight excluding hydrogens is 236 g/mol. The van der Waals surface area contributed by atoms with Gasteiger partial charge in [-0.25, -0.2) is 0 Å². The van der Waals surface area contributed by atoms with E-state index in [1.165, 1.54) is 16.5 Å². The lowest BCUT2D eigenvalue weighted by Gasteiger charge is -2.09. The van der Waals surface area contributed by atoms with Gasteiger partial charge in [-0.3, -0.25) is 0 Å². The second kappa shape index (κ2) is 4.59. The predicted octanol–water partition coefficient (Wildman–Crippen LogP) is 3.32. The molecule has 3 aromatic rings. The number of rotatable bonds is 3. The average Bonchev–Trinajstić information content (AvgIpc) is 2.95. The molecule has 2 N–H and O–H groups in total. The second-order valence-corrected chi connectivity index (χ2v) is 5.03. The fraction of sp³-hybridized carbons (Fsp3) is 0.250. The van der Waals surface area contributed by atoms with Crippen molar-refractivity contribution < 1.29 is 4.42 Å². The molecule has 0 aliphatic carbocycles. The van der Waals surface area contributed by atoms with Gasteiger partial charge in [0.15, 0.2) is 0 Å². The topological polar surface area (TPSA) is 44.1 Å². The molecule has 0 saturated carbocycles. The van der Waals surface area contributed by atoms with E-state index in [2.05, 4.69) is 42.1 Å². The summed E-state index contributed by atoms with van der Waals surface area (Å²) in [5.41, 5.74) is 9.92. The lowest BCUT2D eigenvalue weighted by atomic mass is 10.00. The molecule has 19 heavy (non-hydrogen) atoms. The third-order valence-electron chi connectivity index (χ3n) is 3.72. The number of hydrogen-bond donors (Lipinski definition) is 1. The predicted molar refractivity (Wildman–Crippen MR) is 77.0 cm³/mol. The molecule has 1 atom stereocenters. The molecule has 3 heteroatoms. The van der Waals surface area contributed by atoms with E-state index < -0.39 is 0 Å². The molecule has 0 aliphatic heterocycles. The van der Waals surface area contributed by atoms with Gasteiger partial charge in [0.25, 0.3) is 0 Å². The van der Waals surface area contributed by atoms with E-state index in [1.54, 1.807) is 6.26 Å². The highest BCUT2D eigenvalue weighted by atomic mass is 16.3. The van der Waals surface area contributed by atoms with Crippen LogP contribution in [0.25, 0.3) is 10.9 Å². The molecule has 0 spiro atoms. The monoisotopic (exact) mass is 254 g/mol. The van der Waals surface area contributed by atoms with Crippen LogP contribution in [0.1, 0.15) is 22.9 Å². The molecule has 1 unspecified atom stereocenters. The number of hydrogen-bond acceptors (Lipinski definition) is 2. The van der Waals surface area contributed by atoms with Gasteiger partial charge in [-0.15, -0.1) is 0 Å². The fourth-order valence-corrected chi connectivity index (χ4v) is 2.71. The Hall–Kier alpha value is -2.00. The van der Waals surface area contributed by atoms with Crippen molar-refractivity contribution in [1.29, 1.82) is 0 Å². The Morgan fingerprint density at radius 2 is 2.05 bits per heavy atom. The summed E-state index contributed by atoms with van der Waals surface area (Å²) in [6.07, 6.45) is 4.69. The van der Waals surface area contributed by atoms with Crippen LogP contribution in [0.4, 0.5) is 0 Å². The van der Waals surface area contributed by atoms with Crippen molar-refractivity contribution in [2.75, 3.05) is 0 Å². The Balaban J connectivity index is 1.96. The number of aryl methyl sites for hydroxylation is 2. The van der Waals surface area contributed by atoms with E-state index in [-0.39, 0.29) is 6.04 Å². The Morgan fingerprint density at radius 3 is 2.79 bits per heavy atom. The van der Waals surface area contributed by atoms with Crippen molar-refractivity contribution in [3.8, 4) is 0 Å². The first-order valence-corrected chi connectivity index (χ1v) is 6.49. The van der Waals surface area contributed by atoms with Crippen molar-refractivity contribution in [1.82, 2.24) is 4.57 Å². The van der Waals surface area contributed by atoms with Crippen molar-refractivity contribution in [3.05, 3.63) is 59.7 Å². The Labute approximate surface area is 112 Å². The molecule has 0 fully saturated rings. The quantitative estimate of drug-likeness (QED) is 0.779. The maximum atomic E-state index is 6.30. The van der Waals surface area contributed by atoms with E-state index in [0.29, 0.717) is 0 Å². The first-order valence-electron chi connectivity index (χ1n) is 6.49. The molecule has 0 bridgehead atoms. The molecule has 3 nitrogen and oxygen atoms in total. The summed E-state index contributed by atoms with van der Waals surface area (Å²) in [5.74, 6) is 0.910. The molecule has 0 aliphatic rings. The second-order valence-electron chi connectivity index (χ2n) is 5.03. The highest BCUT2D eigenvalue weighted by Crippen LogP contribution is 2.26. The van der Waals surface area contributed by atoms with Gasteiger partial charge in [0.05, 0.1) is 6.26 Å². The Kier molecular flexibility index (Phi) is 2.91. The van der Waals surface area contributed by atoms with Gasteiger partial charge in [-0.2, -0.15) is 0 Å². The van der Waals surface area contributed by atoms with Gasteiger partial charge < -0.3 is 14.7 Å². The molecule has 0 amide bonds. The van der Waals surface area contributed by atoms with Crippen molar-refractivity contribution in [2.24, 2.45) is 12.8 Å². The first kappa shape index (κ1) is 12.1. The van der Waals surface area contributed by atoms with Crippen molar-refractivity contribution >= 4 is 10.9 Å². The van der Waals surface area contributed by atoms with Crippen LogP contribution in [0.2, 0.25) is 0 Å². The molecule has 0 radical (unpaired) electrons. The van der Waals surface area contributed by atoms with Crippen LogP contribution in [0.5, 0.6) is 0 Å². The van der Waals surface area contributed by atoms with Crippen molar-refractivity contribution in [2.45, 2.75) is 19.4 Å². The average molecular weight is 254 g/mol. The molecular formula is C16H18N2O. The highest BCUT2D eigenvalue weighted by Gasteiger charge is 2.14. The summed E-state index contributed by atoms with van der Waals surface area (Å²) in [7, 11) is 2.07. The standard InChI is InChI=1S/C16H18N2O/c1-11-13(7-8-19-11)15(17)9-12-10-18(2)16-6-4-3-5-14(12)16/h3-8,10,15H,9,17H2,1-2H3. The summed E-state index contributed by atoms with van der Waals surface area (Å²) in [5, 5.41) is 1.28. The van der Waals surface area contributed by atoms with Gasteiger partial charge in [-0.05, 0) is 31.0 Å². The van der Waals surface area contributed by atoms with E-state index >= 15 is 0 Å². The summed E-state index contributed by atoms with van der Waals surface area (Å²) in [4.78, 5) is 0. The molecule has 2 heterocycles. The molecule has 2 aromatic heterocycles. The van der Waals surface area contributed by atoms with E-state index in [9.17, 15) is 0 Å². The SMILES string of the molecule is Cc1occc1C(N)Cc1cn(C)c2ccccc12. The maximum absolute atomic E-state index is 6.30. The van der Waals surface area contributed by atoms with Gasteiger partial charge >= 0.3 is 0 Å². The van der Waals surface area contributed by atoms with Gasteiger partial charge in [0, 0.05) is 35.8 Å². The zero-order chi connectivity index (χ0) is 13.4. The zero-order valence-electron chi connectivity index (χ0n) is 11.3. The fourth-order valence-electron chi connectivity index (χ4n) is 2.71. The van der Waals surface area contributed by atoms with Gasteiger partial charge in [0.2, 0.25) is 0 Å². The smallest absolute Gasteiger partial charge is 0.105 e. The van der Waals surface area contributed by atoms with Crippen LogP contribution in [0.15, 0.2) is 47.2 Å². The largest absolute Gasteiger partial charge is 0.469 e. The van der Waals surface area contributed by atoms with E-state index in [4.69, 9.17) is 10.2 Å². The molecule has 1 aromatic carbocycles. The number of furan rings is 1. The lowest BCUT2D eigenvalue weighted by Crippen LogP contribution is -2.13. The molecule has 3 rings (SSSR count). The van der Waals surface area contributed by atoms with E-state index in [1.807, 2.05) is 13.0 Å². The Bertz CT molecular complexity index is 708. The third-order valence-corrected chi connectivity index (χ3v) is 3.72. The summed E-state index contributed by atoms with van der Waals surface area (Å²) >= 11 is 0. The lowest BCUT2D eigenvalue weighted by molar-refractivity contribution is 0.524. The summed E-state index contributed by atoms with van der Waals surface area (Å²) in [6, 6.07) is 10.4. The minimum absolute atomic E-state index is 0.0236. The third kappa shape index (κ3) is 2.06. The highest BCUT2D eigenvalue weighted by molar-refractivity contribution is 5.83. The van der Waals surface area contributed by atoms with Crippen LogP contribution < -0.4 is 5.73 Å². The number of benzene rings is 1. The van der Waals surface area contributed by atoms with Gasteiger partial charge in [0.1, 0.15) is 5.76 Å². The summed E-state index contributed by atoms with van der Waals surface area (Å²) in [6.45, 7) is 1.96. The van der Waals surface area contributed by atoms with Crippen LogP contribution in [-0.4, -0.2) is 4.57 Å². The maximum Gasteiger partial charge on any atom is 0.105 e. The number of fused-ring (bicyclic) bond motifs is 1. The van der Waals surface area contributed by atoms with Crippen molar-refractivity contribution in [3.63, 3.8) is 0 Å². The van der Waals surface area contributed by atoms with Gasteiger partial charge in [-0.1, -0.05) is 18.2 Å². The normalized spacial score (nSPS) is 13.0. The molecule has 0 saturated heterocycles. The van der Waals surface area contributed by atoms with E-state index in [0.717, 1.165) is 17.7 Å². The number of nitrogens with two attached hydrogens (primary N) is 1. The zero-order valence-corrected chi connectivity index (χ0v) is 11.3. The number of para-hydroxylation sites is 1. The number of aromatic nitrogens is 1. The minimum Gasteiger partial charge on any atom is -0.469 e. The van der Waals surface area contributed by atoms with Crippen LogP contribution >= 0.6 is 0 Å². The Morgan fingerprint density at radius 1 is 1.26 bits per heavy atom.